The number of imidazole rings is 1. The van der Waals surface area contributed by atoms with Gasteiger partial charge < -0.3 is 20.1 Å². The Kier molecular flexibility index (Phi) is 4.78. The molecule has 1 aliphatic heterocycles. The second-order valence-corrected chi connectivity index (χ2v) is 6.49. The first kappa shape index (κ1) is 18.4. The number of likely N-dealkylation sites (N-methyl/N-ethyl adjacent to an activating group) is 1. The predicted molar refractivity (Wildman–Crippen MR) is 88.2 cm³/mol. The second-order valence-electron chi connectivity index (χ2n) is 6.49. The molecule has 0 bridgehead atoms. The van der Waals surface area contributed by atoms with Gasteiger partial charge in [0.2, 0.25) is 11.9 Å². The Morgan fingerprint density at radius 3 is 2.77 bits per heavy atom. The zero-order valence-electron chi connectivity index (χ0n) is 14.1. The topological polar surface area (TPSA) is 67.4 Å². The van der Waals surface area contributed by atoms with Crippen LogP contribution in [0.15, 0.2) is 18.2 Å². The molecule has 10 heteroatoms. The van der Waals surface area contributed by atoms with Crippen LogP contribution in [0.4, 0.5) is 23.5 Å². The number of anilines is 1. The third-order valence-corrected chi connectivity index (χ3v) is 4.33. The highest BCUT2D eigenvalue weighted by Gasteiger charge is 2.32. The lowest BCUT2D eigenvalue weighted by molar-refractivity contribution is -0.158. The Bertz CT molecular complexity index is 819. The minimum absolute atomic E-state index is 0.0522. The van der Waals surface area contributed by atoms with E-state index in [1.807, 2.05) is 4.90 Å². The smallest absolute Gasteiger partial charge is 0.341 e. The Morgan fingerprint density at radius 2 is 2.15 bits per heavy atom. The van der Waals surface area contributed by atoms with E-state index >= 15 is 0 Å². The summed E-state index contributed by atoms with van der Waals surface area (Å²) in [4.78, 5) is 19.2. The van der Waals surface area contributed by atoms with Crippen LogP contribution < -0.4 is 10.6 Å². The number of fused-ring (bicyclic) bond motifs is 1. The molecule has 2 aromatic rings. The van der Waals surface area contributed by atoms with Crippen molar-refractivity contribution in [3.8, 4) is 0 Å². The number of aromatic nitrogens is 2. The molecule has 0 unspecified atom stereocenters. The highest BCUT2D eigenvalue weighted by atomic mass is 19.4. The lowest BCUT2D eigenvalue weighted by atomic mass is 10.3. The molecule has 1 saturated heterocycles. The molecular formula is C16H19F4N5O. The number of hydrogen-bond acceptors (Lipinski definition) is 4. The van der Waals surface area contributed by atoms with E-state index in [9.17, 15) is 22.4 Å². The van der Waals surface area contributed by atoms with Gasteiger partial charge in [0.1, 0.15) is 18.9 Å². The molecule has 0 spiro atoms. The van der Waals surface area contributed by atoms with E-state index in [4.69, 9.17) is 5.73 Å². The summed E-state index contributed by atoms with van der Waals surface area (Å²) in [6.07, 6.45) is -3.75. The third-order valence-electron chi connectivity index (χ3n) is 4.33. The number of rotatable bonds is 4. The number of benzene rings is 1. The molecule has 2 N–H and O–H groups in total. The summed E-state index contributed by atoms with van der Waals surface area (Å²) in [5.41, 5.74) is 6.73. The summed E-state index contributed by atoms with van der Waals surface area (Å²) >= 11 is 0. The third kappa shape index (κ3) is 3.90. The maximum absolute atomic E-state index is 13.7. The molecule has 6 nitrogen and oxygen atoms in total. The first-order valence-electron chi connectivity index (χ1n) is 8.11. The average molecular weight is 373 g/mol. The van der Waals surface area contributed by atoms with Crippen LogP contribution in [0.25, 0.3) is 11.0 Å². The van der Waals surface area contributed by atoms with Crippen LogP contribution in [0.5, 0.6) is 0 Å². The summed E-state index contributed by atoms with van der Waals surface area (Å²) in [6, 6.07) is 3.89. The van der Waals surface area contributed by atoms with E-state index in [2.05, 4.69) is 4.98 Å². The van der Waals surface area contributed by atoms with Crippen LogP contribution in [0.2, 0.25) is 0 Å². The minimum Gasteiger partial charge on any atom is -0.341 e. The molecule has 2 heterocycles. The van der Waals surface area contributed by atoms with E-state index in [0.717, 1.165) is 13.5 Å². The summed E-state index contributed by atoms with van der Waals surface area (Å²) in [6.45, 7) is -0.595. The fraction of sp³-hybridized carbons (Fsp3) is 0.500. The molecule has 142 valence electrons. The summed E-state index contributed by atoms with van der Waals surface area (Å²) in [7, 11) is 1.08. The number of carbonyl (C=O) groups excluding carboxylic acids is 1. The Hall–Kier alpha value is -2.36. The van der Waals surface area contributed by atoms with Crippen LogP contribution in [0.1, 0.15) is 6.42 Å². The standard InChI is InChI=1S/C16H19F4N5O/c1-23(9-16(18,19)20)14(26)8-25-13-6-10(17)2-3-12(13)22-15(25)24-5-4-11(21)7-24/h2-3,6,11H,4-5,7-9,21H2,1H3/t11-/m0/s1. The van der Waals surface area contributed by atoms with E-state index < -0.39 is 24.4 Å². The Balaban J connectivity index is 1.94. The van der Waals surface area contributed by atoms with Crippen molar-refractivity contribution in [1.82, 2.24) is 14.5 Å². The largest absolute Gasteiger partial charge is 0.406 e. The second kappa shape index (κ2) is 6.75. The number of nitrogens with two attached hydrogens (primary N) is 1. The molecular weight excluding hydrogens is 354 g/mol. The minimum atomic E-state index is -4.49. The first-order chi connectivity index (χ1) is 12.1. The van der Waals surface area contributed by atoms with Gasteiger partial charge in [-0.05, 0) is 24.6 Å². The Labute approximate surface area is 147 Å². The summed E-state index contributed by atoms with van der Waals surface area (Å²) < 4.78 is 52.7. The van der Waals surface area contributed by atoms with Crippen molar-refractivity contribution in [3.05, 3.63) is 24.0 Å². The van der Waals surface area contributed by atoms with E-state index in [1.54, 1.807) is 0 Å². The van der Waals surface area contributed by atoms with Gasteiger partial charge in [-0.15, -0.1) is 0 Å². The van der Waals surface area contributed by atoms with Crippen LogP contribution in [-0.4, -0.2) is 59.3 Å². The van der Waals surface area contributed by atoms with Crippen molar-refractivity contribution in [2.45, 2.75) is 25.2 Å². The van der Waals surface area contributed by atoms with Crippen molar-refractivity contribution in [3.63, 3.8) is 0 Å². The zero-order chi connectivity index (χ0) is 19.1. The van der Waals surface area contributed by atoms with Gasteiger partial charge >= 0.3 is 6.18 Å². The monoisotopic (exact) mass is 373 g/mol. The highest BCUT2D eigenvalue weighted by molar-refractivity contribution is 5.83. The van der Waals surface area contributed by atoms with E-state index in [-0.39, 0.29) is 12.6 Å². The van der Waals surface area contributed by atoms with Crippen molar-refractivity contribution in [2.24, 2.45) is 5.73 Å². The fourth-order valence-electron chi connectivity index (χ4n) is 3.06. The van der Waals surface area contributed by atoms with Crippen LogP contribution >= 0.6 is 0 Å². The summed E-state index contributed by atoms with van der Waals surface area (Å²) in [5, 5.41) is 0. The molecule has 1 atom stereocenters. The first-order valence-corrected chi connectivity index (χ1v) is 8.11. The molecule has 1 aromatic carbocycles. The number of nitrogens with zero attached hydrogens (tertiary/aromatic N) is 4. The number of halogens is 4. The van der Waals surface area contributed by atoms with Crippen LogP contribution in [0.3, 0.4) is 0 Å². The molecule has 1 aromatic heterocycles. The van der Waals surface area contributed by atoms with Crippen molar-refractivity contribution >= 4 is 22.9 Å². The van der Waals surface area contributed by atoms with Gasteiger partial charge in [-0.1, -0.05) is 0 Å². The van der Waals surface area contributed by atoms with Crippen molar-refractivity contribution in [2.75, 3.05) is 31.6 Å². The molecule has 1 aliphatic rings. The van der Waals surface area contributed by atoms with Gasteiger partial charge in [0.05, 0.1) is 11.0 Å². The average Bonchev–Trinajstić information content (AvgIpc) is 3.10. The van der Waals surface area contributed by atoms with Crippen molar-refractivity contribution < 1.29 is 22.4 Å². The van der Waals surface area contributed by atoms with Gasteiger partial charge in [-0.2, -0.15) is 13.2 Å². The van der Waals surface area contributed by atoms with Crippen LogP contribution in [0, 0.1) is 5.82 Å². The quantitative estimate of drug-likeness (QED) is 0.829. The molecule has 0 aliphatic carbocycles. The van der Waals surface area contributed by atoms with Gasteiger partial charge in [0, 0.05) is 26.2 Å². The predicted octanol–water partition coefficient (Wildman–Crippen LogP) is 1.73. The van der Waals surface area contributed by atoms with Gasteiger partial charge in [-0.3, -0.25) is 4.79 Å². The zero-order valence-corrected chi connectivity index (χ0v) is 14.1. The highest BCUT2D eigenvalue weighted by Crippen LogP contribution is 2.26. The maximum atomic E-state index is 13.7. The van der Waals surface area contributed by atoms with Gasteiger partial charge in [-0.25, -0.2) is 9.37 Å². The molecule has 1 fully saturated rings. The molecule has 3 rings (SSSR count). The summed E-state index contributed by atoms with van der Waals surface area (Å²) in [5.74, 6) is -0.845. The maximum Gasteiger partial charge on any atom is 0.406 e. The number of hydrogen-bond donors (Lipinski definition) is 1. The number of amides is 1. The van der Waals surface area contributed by atoms with Crippen LogP contribution in [-0.2, 0) is 11.3 Å². The lowest BCUT2D eigenvalue weighted by Gasteiger charge is -2.22. The molecule has 26 heavy (non-hydrogen) atoms. The SMILES string of the molecule is CN(CC(F)(F)F)C(=O)Cn1c(N2CC[C@H](N)C2)nc2ccc(F)cc21. The number of alkyl halides is 3. The molecule has 0 saturated carbocycles. The molecule has 1 amide bonds. The van der Waals surface area contributed by atoms with Gasteiger partial charge in [0.25, 0.3) is 0 Å². The van der Waals surface area contributed by atoms with E-state index in [0.29, 0.717) is 35.0 Å². The van der Waals surface area contributed by atoms with E-state index in [1.165, 1.54) is 22.8 Å². The lowest BCUT2D eigenvalue weighted by Crippen LogP contribution is -2.38. The Morgan fingerprint density at radius 1 is 1.42 bits per heavy atom. The number of carbonyl (C=O) groups is 1. The molecule has 0 radical (unpaired) electrons. The van der Waals surface area contributed by atoms with Gasteiger partial charge in [0.15, 0.2) is 0 Å². The van der Waals surface area contributed by atoms with Crippen molar-refractivity contribution in [1.29, 1.82) is 0 Å². The fourth-order valence-corrected chi connectivity index (χ4v) is 3.06. The normalized spacial score (nSPS) is 17.9.